The topological polar surface area (TPSA) is 235 Å². The van der Waals surface area contributed by atoms with Gasteiger partial charge in [0.1, 0.15) is 54.2 Å². The molecule has 2 bridgehead atoms. The fourth-order valence-corrected chi connectivity index (χ4v) is 9.59. The van der Waals surface area contributed by atoms with Crippen molar-refractivity contribution in [2.24, 2.45) is 5.41 Å². The maximum Gasteiger partial charge on any atom is 0.327 e. The van der Waals surface area contributed by atoms with Crippen LogP contribution in [-0.4, -0.2) is 142 Å². The summed E-state index contributed by atoms with van der Waals surface area (Å²) in [5.74, 6) is -2.23. The van der Waals surface area contributed by atoms with Crippen molar-refractivity contribution in [3.05, 3.63) is 76.9 Å². The number of esters is 1. The lowest BCUT2D eigenvalue weighted by Crippen LogP contribution is -2.69. The van der Waals surface area contributed by atoms with Gasteiger partial charge in [0.2, 0.25) is 5.91 Å². The number of carbonyl (C=O) groups excluding carboxylic acids is 3. The van der Waals surface area contributed by atoms with Crippen LogP contribution in [0.2, 0.25) is 0 Å². The van der Waals surface area contributed by atoms with Crippen molar-refractivity contribution in [3.63, 3.8) is 0 Å². The van der Waals surface area contributed by atoms with Gasteiger partial charge in [-0.3, -0.25) is 19.2 Å². The summed E-state index contributed by atoms with van der Waals surface area (Å²) in [5.41, 5.74) is 1.25. The average Bonchev–Trinajstić information content (AvgIpc) is 3.85. The maximum atomic E-state index is 14.9. The lowest BCUT2D eigenvalue weighted by Gasteiger charge is -2.48. The van der Waals surface area contributed by atoms with E-state index >= 15 is 0 Å². The number of nitrogens with one attached hydrogen (secondary N) is 2. The number of hydrogen-bond acceptors (Lipinski definition) is 15. The normalized spacial score (nSPS) is 32.1. The molecule has 0 aromatic heterocycles. The van der Waals surface area contributed by atoms with Crippen molar-refractivity contribution >= 4 is 23.9 Å². The second-order valence-corrected chi connectivity index (χ2v) is 17.3. The summed E-state index contributed by atoms with van der Waals surface area (Å²) >= 11 is 0. The van der Waals surface area contributed by atoms with Gasteiger partial charge in [-0.15, -0.1) is 0 Å². The van der Waals surface area contributed by atoms with E-state index in [0.29, 0.717) is 24.0 Å². The lowest BCUT2D eigenvalue weighted by atomic mass is 9.62. The molecule has 7 N–H and O–H groups in total. The van der Waals surface area contributed by atoms with Crippen molar-refractivity contribution < 1.29 is 68.4 Å². The van der Waals surface area contributed by atoms with Crippen LogP contribution < -0.4 is 10.6 Å². The number of aliphatic hydroxyl groups excluding tert-OH is 5. The Morgan fingerprint density at radius 1 is 0.905 bits per heavy atom. The van der Waals surface area contributed by atoms with Gasteiger partial charge in [-0.05, 0) is 41.7 Å². The Bertz CT molecular complexity index is 1890. The highest BCUT2D eigenvalue weighted by atomic mass is 16.8. The third-order valence-electron chi connectivity index (χ3n) is 12.9. The smallest absolute Gasteiger partial charge is 0.327 e. The molecule has 5 fully saturated rings. The minimum atomic E-state index is -1.54. The standard InChI is InChI=1S/C46H63N3O14/c1-3-5-7-18-45(19-8-6-4-2)61-37-32-24-46(44(57)48-25-30-11-9-13-31(23-30)41(55)47-20-21-50)39(42(56)59-32)49(63-40(46)38(37)62-45)26-29-16-14-28(15-17-29)12-10-22-58-43-36(54)35(53)34(52)33(27-51)60-43/h9-17,23,32-40,43,50-54H,3-8,18-22,24-27H2,1-2H3,(H,47,55)(H,48,57)/t32?,33-,34+,35+,36-,37+,38+,39+,40-,43+,46?/m1/s1. The van der Waals surface area contributed by atoms with E-state index in [9.17, 15) is 34.8 Å². The van der Waals surface area contributed by atoms with Crippen molar-refractivity contribution in [1.29, 1.82) is 0 Å². The lowest BCUT2D eigenvalue weighted by molar-refractivity contribution is -0.298. The summed E-state index contributed by atoms with van der Waals surface area (Å²) in [6.45, 7) is 3.87. The fourth-order valence-electron chi connectivity index (χ4n) is 9.59. The molecule has 5 aliphatic rings. The van der Waals surface area contributed by atoms with Gasteiger partial charge in [0.15, 0.2) is 18.1 Å². The van der Waals surface area contributed by atoms with Crippen LogP contribution in [0.5, 0.6) is 0 Å². The average molecular weight is 882 g/mol. The Labute approximate surface area is 367 Å². The molecule has 1 saturated carbocycles. The summed E-state index contributed by atoms with van der Waals surface area (Å²) in [4.78, 5) is 48.6. The van der Waals surface area contributed by atoms with Crippen LogP contribution in [0.15, 0.2) is 54.6 Å². The van der Waals surface area contributed by atoms with E-state index in [1.165, 1.54) is 0 Å². The second kappa shape index (κ2) is 21.0. The molecule has 346 valence electrons. The predicted octanol–water partition coefficient (Wildman–Crippen LogP) is 2.00. The van der Waals surface area contributed by atoms with E-state index in [4.69, 9.17) is 33.6 Å². The largest absolute Gasteiger partial charge is 0.458 e. The molecule has 2 aromatic rings. The molecule has 4 heterocycles. The minimum absolute atomic E-state index is 0.000213. The molecular weight excluding hydrogens is 819 g/mol. The van der Waals surface area contributed by atoms with E-state index in [-0.39, 0.29) is 51.1 Å². The maximum absolute atomic E-state index is 14.9. The summed E-state index contributed by atoms with van der Waals surface area (Å²) in [6, 6.07) is 13.2. The van der Waals surface area contributed by atoms with Crippen LogP contribution in [0.1, 0.15) is 98.7 Å². The Kier molecular flexibility index (Phi) is 15.7. The summed E-state index contributed by atoms with van der Waals surface area (Å²) < 4.78 is 31.0. The molecule has 0 spiro atoms. The molecule has 7 rings (SSSR count). The van der Waals surface area contributed by atoms with Crippen molar-refractivity contribution in [3.8, 4) is 0 Å². The Morgan fingerprint density at radius 2 is 1.63 bits per heavy atom. The molecule has 2 amide bonds. The Balaban J connectivity index is 1.10. The number of hydroxylamine groups is 2. The molecule has 1 aliphatic carbocycles. The summed E-state index contributed by atoms with van der Waals surface area (Å²) in [5, 5.41) is 56.2. The van der Waals surface area contributed by atoms with Gasteiger partial charge in [-0.2, -0.15) is 5.06 Å². The molecule has 0 radical (unpaired) electrons. The van der Waals surface area contributed by atoms with E-state index < -0.39 is 84.9 Å². The third-order valence-corrected chi connectivity index (χ3v) is 12.9. The van der Waals surface area contributed by atoms with Gasteiger partial charge in [0.05, 0.1) is 26.4 Å². The first-order chi connectivity index (χ1) is 30.5. The van der Waals surface area contributed by atoms with Gasteiger partial charge in [-0.25, -0.2) is 0 Å². The Morgan fingerprint density at radius 3 is 2.33 bits per heavy atom. The van der Waals surface area contributed by atoms with E-state index in [1.807, 2.05) is 24.3 Å². The molecule has 17 heteroatoms. The minimum Gasteiger partial charge on any atom is -0.458 e. The van der Waals surface area contributed by atoms with Crippen LogP contribution in [0.25, 0.3) is 6.08 Å². The number of ether oxygens (including phenoxy) is 5. The Hall–Kier alpha value is -3.85. The van der Waals surface area contributed by atoms with Gasteiger partial charge < -0.3 is 59.9 Å². The van der Waals surface area contributed by atoms with Gasteiger partial charge in [0.25, 0.3) is 5.91 Å². The number of aliphatic hydroxyl groups is 5. The first-order valence-electron chi connectivity index (χ1n) is 22.4. The van der Waals surface area contributed by atoms with Crippen LogP contribution in [-0.2, 0) is 51.2 Å². The molecule has 4 saturated heterocycles. The van der Waals surface area contributed by atoms with Gasteiger partial charge in [-0.1, -0.05) is 88.1 Å². The van der Waals surface area contributed by atoms with Crippen molar-refractivity contribution in [2.45, 2.75) is 152 Å². The van der Waals surface area contributed by atoms with Crippen molar-refractivity contribution in [1.82, 2.24) is 15.7 Å². The molecule has 4 aliphatic heterocycles. The van der Waals surface area contributed by atoms with Gasteiger partial charge >= 0.3 is 5.97 Å². The van der Waals surface area contributed by atoms with Crippen LogP contribution in [0, 0.1) is 5.41 Å². The molecule has 17 nitrogen and oxygen atoms in total. The first-order valence-corrected chi connectivity index (χ1v) is 22.4. The molecular formula is C46H63N3O14. The van der Waals surface area contributed by atoms with Crippen molar-refractivity contribution in [2.75, 3.05) is 26.4 Å². The van der Waals surface area contributed by atoms with E-state index in [0.717, 1.165) is 49.7 Å². The number of rotatable bonds is 21. The van der Waals surface area contributed by atoms with Gasteiger partial charge in [0, 0.05) is 37.9 Å². The predicted molar refractivity (Wildman–Crippen MR) is 225 cm³/mol. The highest BCUT2D eigenvalue weighted by Gasteiger charge is 2.76. The number of nitrogens with zero attached hydrogens (tertiary/aromatic N) is 1. The van der Waals surface area contributed by atoms with Crippen LogP contribution in [0.3, 0.4) is 0 Å². The van der Waals surface area contributed by atoms with Crippen LogP contribution in [0.4, 0.5) is 0 Å². The zero-order valence-electron chi connectivity index (χ0n) is 36.0. The number of hydrogen-bond donors (Lipinski definition) is 7. The molecule has 63 heavy (non-hydrogen) atoms. The quantitative estimate of drug-likeness (QED) is 0.0702. The number of benzene rings is 2. The zero-order valence-corrected chi connectivity index (χ0v) is 36.0. The third kappa shape index (κ3) is 10.0. The zero-order chi connectivity index (χ0) is 44.7. The number of unbranched alkanes of at least 4 members (excludes halogenated alkanes) is 4. The van der Waals surface area contributed by atoms with E-state index in [2.05, 4.69) is 24.5 Å². The summed E-state index contributed by atoms with van der Waals surface area (Å²) in [6.07, 6.45) is 1.04. The molecule has 2 aromatic carbocycles. The van der Waals surface area contributed by atoms with Crippen LogP contribution >= 0.6 is 0 Å². The second-order valence-electron chi connectivity index (χ2n) is 17.3. The fraction of sp³-hybridized carbons (Fsp3) is 0.630. The number of amides is 2. The number of fused-ring (bicyclic) bond motifs is 4. The van der Waals surface area contributed by atoms with E-state index in [1.54, 1.807) is 41.5 Å². The number of carbonyl (C=O) groups is 3. The highest BCUT2D eigenvalue weighted by Crippen LogP contribution is 2.58. The highest BCUT2D eigenvalue weighted by molar-refractivity contribution is 5.95. The summed E-state index contributed by atoms with van der Waals surface area (Å²) in [7, 11) is 0. The monoisotopic (exact) mass is 881 g/mol. The SMILES string of the molecule is CCCCCC1(CCCCC)O[C@@H]2[C@H]3ON(Cc4ccc(C=CCO[C@H]5O[C@H](CO)[C@H](O)[C@H](O)[C@H]5O)cc4)[C@H]4C(=O)OC(CC34C(=O)NCc3cccc(C(=O)NCCO)c3)[C@@H]2O1. The first kappa shape index (κ1) is 47.1. The molecule has 2 unspecified atom stereocenters. The molecule has 11 atom stereocenters.